The molecule has 0 aliphatic carbocycles. The van der Waals surface area contributed by atoms with Crippen LogP contribution in [-0.2, 0) is 7.05 Å². The maximum atomic E-state index is 13.6. The average Bonchev–Trinajstić information content (AvgIpc) is 2.77. The minimum Gasteiger partial charge on any atom is -0.341 e. The molecule has 1 atom stereocenters. The van der Waals surface area contributed by atoms with E-state index in [1.54, 1.807) is 38.5 Å². The van der Waals surface area contributed by atoms with Gasteiger partial charge in [0.1, 0.15) is 5.82 Å². The number of anilines is 1. The van der Waals surface area contributed by atoms with Gasteiger partial charge in [-0.25, -0.2) is 9.37 Å². The number of halogens is 1. The number of rotatable bonds is 4. The van der Waals surface area contributed by atoms with E-state index in [-0.39, 0.29) is 23.1 Å². The highest BCUT2D eigenvalue weighted by molar-refractivity contribution is 5.98. The monoisotopic (exact) mass is 406 g/mol. The van der Waals surface area contributed by atoms with Gasteiger partial charge in [0.15, 0.2) is 5.78 Å². The van der Waals surface area contributed by atoms with Crippen molar-refractivity contribution in [1.29, 1.82) is 0 Å². The quantitative estimate of drug-likeness (QED) is 0.622. The number of piperidine rings is 1. The van der Waals surface area contributed by atoms with Crippen molar-refractivity contribution in [1.82, 2.24) is 14.5 Å². The van der Waals surface area contributed by atoms with E-state index in [0.29, 0.717) is 35.9 Å². The highest BCUT2D eigenvalue weighted by atomic mass is 19.1. The topological polar surface area (TPSA) is 68.1 Å². The summed E-state index contributed by atoms with van der Waals surface area (Å²) in [5.74, 6) is -0.00534. The van der Waals surface area contributed by atoms with Crippen molar-refractivity contribution < 1.29 is 9.18 Å². The van der Waals surface area contributed by atoms with E-state index < -0.39 is 0 Å². The van der Waals surface area contributed by atoms with Crippen LogP contribution in [0.3, 0.4) is 0 Å². The van der Waals surface area contributed by atoms with Gasteiger partial charge < -0.3 is 4.90 Å². The Bertz CT molecular complexity index is 1140. The molecule has 0 spiro atoms. The predicted molar refractivity (Wildman–Crippen MR) is 113 cm³/mol. The molecule has 154 valence electrons. The average molecular weight is 406 g/mol. The van der Waals surface area contributed by atoms with E-state index in [0.717, 1.165) is 18.4 Å². The molecule has 0 N–H and O–H groups in total. The molecule has 0 saturated carbocycles. The van der Waals surface area contributed by atoms with Crippen LogP contribution in [0.25, 0.3) is 11.3 Å². The van der Waals surface area contributed by atoms with E-state index in [1.807, 2.05) is 17.0 Å². The number of nitrogens with zero attached hydrogens (tertiary/aromatic N) is 4. The number of hydrogen-bond donors (Lipinski definition) is 0. The van der Waals surface area contributed by atoms with Crippen LogP contribution in [0.15, 0.2) is 53.6 Å². The number of ketones is 1. The fraction of sp³-hybridized carbons (Fsp3) is 0.304. The van der Waals surface area contributed by atoms with Crippen LogP contribution in [0.1, 0.15) is 28.8 Å². The number of carbonyl (C=O) groups is 1. The summed E-state index contributed by atoms with van der Waals surface area (Å²) in [5.41, 5.74) is 2.22. The van der Waals surface area contributed by atoms with E-state index >= 15 is 0 Å². The third-order valence-corrected chi connectivity index (χ3v) is 5.60. The van der Waals surface area contributed by atoms with Gasteiger partial charge in [-0.15, -0.1) is 0 Å². The molecule has 1 unspecified atom stereocenters. The van der Waals surface area contributed by atoms with Gasteiger partial charge >= 0.3 is 0 Å². The minimum absolute atomic E-state index is 0.00177. The fourth-order valence-electron chi connectivity index (χ4n) is 3.89. The summed E-state index contributed by atoms with van der Waals surface area (Å²) in [5, 5.41) is 0. The lowest BCUT2D eigenvalue weighted by Gasteiger charge is -2.33. The summed E-state index contributed by atoms with van der Waals surface area (Å²) in [6.45, 7) is 2.84. The van der Waals surface area contributed by atoms with Crippen LogP contribution in [0.2, 0.25) is 0 Å². The lowest BCUT2D eigenvalue weighted by Crippen LogP contribution is -2.42. The summed E-state index contributed by atoms with van der Waals surface area (Å²) >= 11 is 0. The van der Waals surface area contributed by atoms with E-state index in [1.165, 1.54) is 16.7 Å². The zero-order chi connectivity index (χ0) is 21.3. The molecule has 1 aliphatic heterocycles. The van der Waals surface area contributed by atoms with Crippen LogP contribution in [0, 0.1) is 18.7 Å². The summed E-state index contributed by atoms with van der Waals surface area (Å²) in [4.78, 5) is 36.3. The van der Waals surface area contributed by atoms with Crippen molar-refractivity contribution in [2.75, 3.05) is 18.0 Å². The molecule has 4 rings (SSSR count). The third-order valence-electron chi connectivity index (χ3n) is 5.60. The normalized spacial score (nSPS) is 16.5. The molecule has 2 aromatic heterocycles. The zero-order valence-electron chi connectivity index (χ0n) is 17.0. The largest absolute Gasteiger partial charge is 0.341 e. The lowest BCUT2D eigenvalue weighted by molar-refractivity contribution is 0.0906. The second-order valence-corrected chi connectivity index (χ2v) is 7.69. The van der Waals surface area contributed by atoms with E-state index in [2.05, 4.69) is 4.98 Å². The number of hydrogen-bond acceptors (Lipinski definition) is 5. The SMILES string of the molecule is Cc1cc(C(=O)C2CCCN(c3nc(-c4ccncc4)cc(=O)n3C)C2)ccc1F. The first-order valence-corrected chi connectivity index (χ1v) is 9.98. The second-order valence-electron chi connectivity index (χ2n) is 7.69. The van der Waals surface area contributed by atoms with Gasteiger partial charge in [-0.2, -0.15) is 0 Å². The van der Waals surface area contributed by atoms with Gasteiger partial charge in [0.05, 0.1) is 5.69 Å². The first-order chi connectivity index (χ1) is 14.4. The van der Waals surface area contributed by atoms with Crippen molar-refractivity contribution in [3.05, 3.63) is 76.1 Å². The van der Waals surface area contributed by atoms with Crippen LogP contribution in [0.4, 0.5) is 10.3 Å². The third kappa shape index (κ3) is 3.87. The fourth-order valence-corrected chi connectivity index (χ4v) is 3.89. The molecule has 0 bridgehead atoms. The first kappa shape index (κ1) is 19.9. The van der Waals surface area contributed by atoms with Crippen LogP contribution < -0.4 is 10.5 Å². The van der Waals surface area contributed by atoms with E-state index in [9.17, 15) is 14.0 Å². The number of Topliss-reactive ketones (excluding diaryl/α,β-unsaturated/α-hetero) is 1. The Labute approximate surface area is 174 Å². The Balaban J connectivity index is 1.63. The molecule has 3 aromatic rings. The molecule has 30 heavy (non-hydrogen) atoms. The van der Waals surface area contributed by atoms with Gasteiger partial charge in [-0.3, -0.25) is 19.1 Å². The molecule has 1 fully saturated rings. The van der Waals surface area contributed by atoms with Crippen LogP contribution in [-0.4, -0.2) is 33.4 Å². The maximum absolute atomic E-state index is 13.6. The Morgan fingerprint density at radius 2 is 1.93 bits per heavy atom. The number of benzene rings is 1. The van der Waals surface area contributed by atoms with Crippen LogP contribution >= 0.6 is 0 Å². The van der Waals surface area contributed by atoms with Crippen molar-refractivity contribution in [2.24, 2.45) is 13.0 Å². The Morgan fingerprint density at radius 1 is 1.17 bits per heavy atom. The molecule has 6 nitrogen and oxygen atoms in total. The number of pyridine rings is 1. The molecule has 3 heterocycles. The van der Waals surface area contributed by atoms with Gasteiger partial charge in [0.2, 0.25) is 5.95 Å². The Hall–Kier alpha value is -3.35. The molecular weight excluding hydrogens is 383 g/mol. The Morgan fingerprint density at radius 3 is 2.67 bits per heavy atom. The highest BCUT2D eigenvalue weighted by Crippen LogP contribution is 2.26. The molecule has 0 amide bonds. The standard InChI is InChI=1S/C23H23FN4O2/c1-15-12-17(5-6-19(15)24)22(30)18-4-3-11-28(14-18)23-26-20(13-21(29)27(23)2)16-7-9-25-10-8-16/h5-10,12-13,18H,3-4,11,14H2,1-2H3. The van der Waals surface area contributed by atoms with Gasteiger partial charge in [0, 0.05) is 55.6 Å². The number of aromatic nitrogens is 3. The smallest absolute Gasteiger partial charge is 0.255 e. The molecule has 0 radical (unpaired) electrons. The second kappa shape index (κ2) is 8.18. The molecule has 7 heteroatoms. The first-order valence-electron chi connectivity index (χ1n) is 9.98. The van der Waals surface area contributed by atoms with Crippen molar-refractivity contribution >= 4 is 11.7 Å². The summed E-state index contributed by atoms with van der Waals surface area (Å²) in [6.07, 6.45) is 4.89. The number of aryl methyl sites for hydroxylation is 1. The van der Waals surface area contributed by atoms with Crippen molar-refractivity contribution in [3.8, 4) is 11.3 Å². The lowest BCUT2D eigenvalue weighted by atomic mass is 9.89. The Kier molecular flexibility index (Phi) is 5.44. The van der Waals surface area contributed by atoms with Crippen molar-refractivity contribution in [3.63, 3.8) is 0 Å². The van der Waals surface area contributed by atoms with Crippen molar-refractivity contribution in [2.45, 2.75) is 19.8 Å². The number of carbonyl (C=O) groups excluding carboxylic acids is 1. The van der Waals surface area contributed by atoms with Crippen LogP contribution in [0.5, 0.6) is 0 Å². The van der Waals surface area contributed by atoms with Gasteiger partial charge in [-0.1, -0.05) is 0 Å². The maximum Gasteiger partial charge on any atom is 0.255 e. The van der Waals surface area contributed by atoms with Gasteiger partial charge in [-0.05, 0) is 55.7 Å². The van der Waals surface area contributed by atoms with Gasteiger partial charge in [0.25, 0.3) is 5.56 Å². The molecule has 1 saturated heterocycles. The summed E-state index contributed by atoms with van der Waals surface area (Å²) < 4.78 is 15.1. The highest BCUT2D eigenvalue weighted by Gasteiger charge is 2.29. The zero-order valence-corrected chi connectivity index (χ0v) is 17.0. The minimum atomic E-state index is -0.316. The predicted octanol–water partition coefficient (Wildman–Crippen LogP) is 3.39. The molecular formula is C23H23FN4O2. The molecule has 1 aromatic carbocycles. The summed E-state index contributed by atoms with van der Waals surface area (Å²) in [7, 11) is 1.69. The van der Waals surface area contributed by atoms with E-state index in [4.69, 9.17) is 4.98 Å². The molecule has 1 aliphatic rings. The summed E-state index contributed by atoms with van der Waals surface area (Å²) in [6, 6.07) is 9.62.